The molecule has 38 valence electrons. The van der Waals surface area contributed by atoms with Crippen LogP contribution in [0.2, 0.25) is 0 Å². The molecule has 0 saturated heterocycles. The van der Waals surface area contributed by atoms with Crippen LogP contribution in [0.4, 0.5) is 3.02 Å². The van der Waals surface area contributed by atoms with Crippen molar-refractivity contribution in [3.8, 4) is 0 Å². The van der Waals surface area contributed by atoms with Crippen LogP contribution in [-0.4, -0.2) is 11.7 Å². The minimum atomic E-state index is 0.250. The van der Waals surface area contributed by atoms with Gasteiger partial charge in [0.1, 0.15) is 0 Å². The zero-order valence-corrected chi connectivity index (χ0v) is 4.32. The molecule has 0 radical (unpaired) electrons. The molecule has 0 spiro atoms. The summed E-state index contributed by atoms with van der Waals surface area (Å²) in [5, 5.41) is 7.57. The van der Waals surface area contributed by atoms with Crippen LogP contribution in [0, 0.1) is 0 Å². The van der Waals surface area contributed by atoms with E-state index in [-0.39, 0.29) is 6.61 Å². The van der Waals surface area contributed by atoms with E-state index in [0.29, 0.717) is 0 Å². The standard InChI is InChI=1S/C2H6O.Ag.FH/c1-2-3;;/h3H,2H2,1H3;;1H/q;+1;/p-1. The summed E-state index contributed by atoms with van der Waals surface area (Å²) in [4.78, 5) is 0. The fraction of sp³-hybridized carbons (Fsp3) is 1.00. The molecular weight excluding hydrogens is 167 g/mol. The Morgan fingerprint density at radius 3 is 1.80 bits per heavy atom. The van der Waals surface area contributed by atoms with Gasteiger partial charge >= 0.3 is 24.6 Å². The van der Waals surface area contributed by atoms with Crippen molar-refractivity contribution in [1.29, 1.82) is 0 Å². The first kappa shape index (κ1) is 9.16. The number of aliphatic hydroxyl groups excluding tert-OH is 1. The second-order valence-electron chi connectivity index (χ2n) is 0.316. The predicted octanol–water partition coefficient (Wildman–Crippen LogP) is 0.416. The summed E-state index contributed by atoms with van der Waals surface area (Å²) < 4.78 is 9.31. The maximum absolute atomic E-state index is 9.31. The Labute approximate surface area is 43.8 Å². The van der Waals surface area contributed by atoms with Crippen molar-refractivity contribution in [3.63, 3.8) is 0 Å². The Bertz CT molecular complexity index is 9.61. The SMILES string of the molecule is CCO.[F][Ag]. The van der Waals surface area contributed by atoms with Crippen LogP contribution >= 0.6 is 0 Å². The maximum atomic E-state index is 9.31. The van der Waals surface area contributed by atoms with Crippen LogP contribution in [0.15, 0.2) is 0 Å². The molecule has 1 nitrogen and oxygen atoms in total. The average Bonchev–Trinajstić information content (AvgIpc) is 1.46. The first-order valence-corrected chi connectivity index (χ1v) is 1.70. The van der Waals surface area contributed by atoms with Gasteiger partial charge in [0, 0.05) is 6.61 Å². The third-order valence-corrected chi connectivity index (χ3v) is 0. The molecular formula is C2H6AgFO. The zero-order chi connectivity index (χ0) is 4.71. The van der Waals surface area contributed by atoms with E-state index in [1.54, 1.807) is 6.92 Å². The van der Waals surface area contributed by atoms with Crippen LogP contribution in [0.25, 0.3) is 0 Å². The fourth-order valence-corrected chi connectivity index (χ4v) is 0. The van der Waals surface area contributed by atoms with Gasteiger partial charge in [-0.15, -0.1) is 0 Å². The second-order valence-corrected chi connectivity index (χ2v) is 0.316. The van der Waals surface area contributed by atoms with Crippen molar-refractivity contribution < 1.29 is 29.7 Å². The van der Waals surface area contributed by atoms with E-state index >= 15 is 0 Å². The Morgan fingerprint density at radius 2 is 1.80 bits per heavy atom. The molecule has 0 saturated carbocycles. The molecule has 0 rings (SSSR count). The van der Waals surface area contributed by atoms with Gasteiger partial charge in [-0.3, -0.25) is 0 Å². The summed E-state index contributed by atoms with van der Waals surface area (Å²) in [5.74, 6) is 0. The topological polar surface area (TPSA) is 20.2 Å². The van der Waals surface area contributed by atoms with Crippen molar-refractivity contribution in [3.05, 3.63) is 0 Å². The van der Waals surface area contributed by atoms with Crippen molar-refractivity contribution >= 4 is 0 Å². The summed E-state index contributed by atoms with van der Waals surface area (Å²) in [5.41, 5.74) is 0. The summed E-state index contributed by atoms with van der Waals surface area (Å²) in [7, 11) is 0. The van der Waals surface area contributed by atoms with Gasteiger partial charge in [-0.25, -0.2) is 0 Å². The first-order valence-electron chi connectivity index (χ1n) is 1.14. The van der Waals surface area contributed by atoms with E-state index < -0.39 is 0 Å². The zero-order valence-electron chi connectivity index (χ0n) is 2.83. The van der Waals surface area contributed by atoms with E-state index in [0.717, 1.165) is 0 Å². The Morgan fingerprint density at radius 1 is 1.80 bits per heavy atom. The third kappa shape index (κ3) is 80.6. The molecule has 5 heavy (non-hydrogen) atoms. The predicted molar refractivity (Wildman–Crippen MR) is 13.9 cm³/mol. The molecule has 0 atom stereocenters. The molecule has 0 bridgehead atoms. The van der Waals surface area contributed by atoms with Crippen molar-refractivity contribution in [2.45, 2.75) is 6.92 Å². The molecule has 0 heterocycles. The van der Waals surface area contributed by atoms with Gasteiger partial charge in [0.25, 0.3) is 0 Å². The monoisotopic (exact) mass is 172 g/mol. The molecule has 3 heteroatoms. The normalized spacial score (nSPS) is 5.00. The van der Waals surface area contributed by atoms with Crippen molar-refractivity contribution in [1.82, 2.24) is 0 Å². The summed E-state index contributed by atoms with van der Waals surface area (Å²) >= 11 is 1.45. The minimum absolute atomic E-state index is 0.250. The van der Waals surface area contributed by atoms with Gasteiger partial charge in [-0.1, -0.05) is 0 Å². The quantitative estimate of drug-likeness (QED) is 0.526. The van der Waals surface area contributed by atoms with E-state index in [2.05, 4.69) is 0 Å². The number of hydrogen-bond acceptors (Lipinski definition) is 1. The van der Waals surface area contributed by atoms with Crippen LogP contribution in [0.1, 0.15) is 6.92 Å². The molecule has 0 aromatic rings. The van der Waals surface area contributed by atoms with Gasteiger partial charge in [-0.2, -0.15) is 0 Å². The van der Waals surface area contributed by atoms with Gasteiger partial charge in [0.15, 0.2) is 0 Å². The summed E-state index contributed by atoms with van der Waals surface area (Å²) in [6.07, 6.45) is 0. The van der Waals surface area contributed by atoms with E-state index in [4.69, 9.17) is 5.11 Å². The van der Waals surface area contributed by atoms with Gasteiger partial charge in [0.05, 0.1) is 0 Å². The van der Waals surface area contributed by atoms with Crippen LogP contribution in [-0.2, 0) is 21.6 Å². The summed E-state index contributed by atoms with van der Waals surface area (Å²) in [6, 6.07) is 0. The number of aliphatic hydroxyl groups is 1. The Kier molecular flexibility index (Phi) is 42.1. The van der Waals surface area contributed by atoms with E-state index in [9.17, 15) is 3.02 Å². The first-order chi connectivity index (χ1) is 2.41. The molecule has 0 aliphatic carbocycles. The number of hydrogen-bond donors (Lipinski definition) is 1. The molecule has 0 aromatic heterocycles. The van der Waals surface area contributed by atoms with Gasteiger partial charge in [-0.05, 0) is 6.92 Å². The van der Waals surface area contributed by atoms with Crippen molar-refractivity contribution in [2.75, 3.05) is 6.61 Å². The van der Waals surface area contributed by atoms with E-state index in [1.165, 1.54) is 21.6 Å². The molecule has 1 N–H and O–H groups in total. The van der Waals surface area contributed by atoms with Crippen LogP contribution in [0.3, 0.4) is 0 Å². The molecule has 0 amide bonds. The van der Waals surface area contributed by atoms with Gasteiger partial charge in [0.2, 0.25) is 0 Å². The van der Waals surface area contributed by atoms with E-state index in [1.807, 2.05) is 0 Å². The Hall–Kier alpha value is 0.630. The van der Waals surface area contributed by atoms with Crippen LogP contribution < -0.4 is 0 Å². The second kappa shape index (κ2) is 23.0. The molecule has 0 unspecified atom stereocenters. The third-order valence-electron chi connectivity index (χ3n) is 0. The van der Waals surface area contributed by atoms with Crippen molar-refractivity contribution in [2.24, 2.45) is 0 Å². The van der Waals surface area contributed by atoms with Crippen LogP contribution in [0.5, 0.6) is 0 Å². The Balaban J connectivity index is 0. The molecule has 0 aliphatic rings. The summed E-state index contributed by atoms with van der Waals surface area (Å²) in [6.45, 7) is 1.93. The molecule has 0 fully saturated rings. The molecule has 0 aromatic carbocycles. The van der Waals surface area contributed by atoms with Gasteiger partial charge < -0.3 is 5.11 Å². The number of rotatable bonds is 0. The fourth-order valence-electron chi connectivity index (χ4n) is 0. The number of halogens is 1. The molecule has 0 aliphatic heterocycles. The average molecular weight is 173 g/mol.